The predicted molar refractivity (Wildman–Crippen MR) is 66.6 cm³/mol. The quantitative estimate of drug-likeness (QED) is 0.846. The molecule has 4 nitrogen and oxygen atoms in total. The van der Waals surface area contributed by atoms with Crippen LogP contribution in [0.5, 0.6) is 11.5 Å². The summed E-state index contributed by atoms with van der Waals surface area (Å²) in [6.07, 6.45) is 0. The lowest BCUT2D eigenvalue weighted by Gasteiger charge is -2.11. The summed E-state index contributed by atoms with van der Waals surface area (Å²) in [7, 11) is 1.56. The highest BCUT2D eigenvalue weighted by Gasteiger charge is 2.06. The zero-order valence-electron chi connectivity index (χ0n) is 9.25. The van der Waals surface area contributed by atoms with Crippen LogP contribution in [0.15, 0.2) is 18.2 Å². The normalized spacial score (nSPS) is 9.69. The van der Waals surface area contributed by atoms with Crippen molar-refractivity contribution in [1.29, 1.82) is 0 Å². The molecule has 0 fully saturated rings. The lowest BCUT2D eigenvalue weighted by atomic mass is 10.2. The van der Waals surface area contributed by atoms with Crippen LogP contribution in [0.4, 0.5) is 5.69 Å². The Kier molecular flexibility index (Phi) is 5.11. The summed E-state index contributed by atoms with van der Waals surface area (Å²) in [4.78, 5) is 11.2. The summed E-state index contributed by atoms with van der Waals surface area (Å²) >= 11 is 3.08. The van der Waals surface area contributed by atoms with Crippen molar-refractivity contribution < 1.29 is 14.3 Å². The Hall–Kier alpha value is -1.23. The molecule has 1 amide bonds. The third-order valence-corrected chi connectivity index (χ3v) is 2.38. The van der Waals surface area contributed by atoms with Crippen LogP contribution >= 0.6 is 15.9 Å². The van der Waals surface area contributed by atoms with Gasteiger partial charge < -0.3 is 14.8 Å². The second-order valence-electron chi connectivity index (χ2n) is 2.98. The minimum Gasteiger partial charge on any atom is -0.493 e. The number of carbonyl (C=O) groups excluding carboxylic acids is 1. The van der Waals surface area contributed by atoms with E-state index in [1.165, 1.54) is 0 Å². The Morgan fingerprint density at radius 3 is 2.75 bits per heavy atom. The minimum atomic E-state index is -0.105. The van der Waals surface area contributed by atoms with Gasteiger partial charge in [-0.1, -0.05) is 15.9 Å². The van der Waals surface area contributed by atoms with Crippen molar-refractivity contribution >= 4 is 27.5 Å². The second kappa shape index (κ2) is 6.37. The number of alkyl halides is 1. The van der Waals surface area contributed by atoms with Gasteiger partial charge in [0.05, 0.1) is 19.0 Å². The number of methoxy groups -OCH3 is 1. The van der Waals surface area contributed by atoms with Gasteiger partial charge in [-0.25, -0.2) is 0 Å². The number of hydrogen-bond donors (Lipinski definition) is 1. The molecule has 0 atom stereocenters. The Labute approximate surface area is 103 Å². The maximum Gasteiger partial charge on any atom is 0.235 e. The summed E-state index contributed by atoms with van der Waals surface area (Å²) < 4.78 is 10.5. The fourth-order valence-corrected chi connectivity index (χ4v) is 1.35. The molecule has 0 saturated heterocycles. The number of hydrogen-bond acceptors (Lipinski definition) is 3. The van der Waals surface area contributed by atoms with Gasteiger partial charge in [-0.3, -0.25) is 4.79 Å². The van der Waals surface area contributed by atoms with E-state index < -0.39 is 0 Å². The van der Waals surface area contributed by atoms with Gasteiger partial charge in [0.2, 0.25) is 5.91 Å². The molecule has 0 aliphatic heterocycles. The van der Waals surface area contributed by atoms with E-state index in [1.54, 1.807) is 25.3 Å². The van der Waals surface area contributed by atoms with E-state index in [9.17, 15) is 4.79 Å². The molecule has 0 aliphatic carbocycles. The van der Waals surface area contributed by atoms with Crippen LogP contribution < -0.4 is 14.8 Å². The topological polar surface area (TPSA) is 47.6 Å². The van der Waals surface area contributed by atoms with E-state index in [2.05, 4.69) is 21.2 Å². The number of nitrogens with one attached hydrogen (secondary N) is 1. The molecule has 1 aromatic carbocycles. The molecule has 0 heterocycles. The van der Waals surface area contributed by atoms with Crippen LogP contribution in [0.2, 0.25) is 0 Å². The summed E-state index contributed by atoms with van der Waals surface area (Å²) in [6, 6.07) is 5.27. The fraction of sp³-hybridized carbons (Fsp3) is 0.364. The first-order chi connectivity index (χ1) is 7.71. The lowest BCUT2D eigenvalue weighted by Crippen LogP contribution is -2.12. The first-order valence-corrected chi connectivity index (χ1v) is 6.00. The highest BCUT2D eigenvalue weighted by Crippen LogP contribution is 2.30. The maximum absolute atomic E-state index is 11.2. The second-order valence-corrected chi connectivity index (χ2v) is 3.54. The molecule has 0 radical (unpaired) electrons. The van der Waals surface area contributed by atoms with Crippen LogP contribution in [-0.4, -0.2) is 25.0 Å². The molecule has 0 saturated carbocycles. The number of amides is 1. The highest BCUT2D eigenvalue weighted by molar-refractivity contribution is 9.09. The Morgan fingerprint density at radius 1 is 1.44 bits per heavy atom. The largest absolute Gasteiger partial charge is 0.493 e. The van der Waals surface area contributed by atoms with Crippen molar-refractivity contribution in [1.82, 2.24) is 0 Å². The Morgan fingerprint density at radius 2 is 2.19 bits per heavy atom. The Bertz CT molecular complexity index is 368. The smallest absolute Gasteiger partial charge is 0.235 e. The summed E-state index contributed by atoms with van der Waals surface area (Å²) in [5.74, 6) is 1.17. The van der Waals surface area contributed by atoms with Crippen LogP contribution in [0, 0.1) is 0 Å². The van der Waals surface area contributed by atoms with Crippen LogP contribution in [0.25, 0.3) is 0 Å². The van der Waals surface area contributed by atoms with E-state index in [4.69, 9.17) is 9.47 Å². The van der Waals surface area contributed by atoms with Crippen molar-refractivity contribution in [2.24, 2.45) is 0 Å². The maximum atomic E-state index is 11.2. The Balaban J connectivity index is 2.86. The van der Waals surface area contributed by atoms with E-state index in [0.717, 1.165) is 0 Å². The fourth-order valence-electron chi connectivity index (χ4n) is 1.21. The monoisotopic (exact) mass is 287 g/mol. The molecule has 1 N–H and O–H groups in total. The van der Waals surface area contributed by atoms with E-state index in [-0.39, 0.29) is 11.2 Å². The number of rotatable bonds is 5. The lowest BCUT2D eigenvalue weighted by molar-refractivity contribution is -0.113. The number of carbonyl (C=O) groups is 1. The molecule has 88 valence electrons. The van der Waals surface area contributed by atoms with E-state index in [0.29, 0.717) is 23.8 Å². The summed E-state index contributed by atoms with van der Waals surface area (Å²) in [5.41, 5.74) is 0.685. The average molecular weight is 288 g/mol. The van der Waals surface area contributed by atoms with Gasteiger partial charge in [-0.2, -0.15) is 0 Å². The molecule has 16 heavy (non-hydrogen) atoms. The predicted octanol–water partition coefficient (Wildman–Crippen LogP) is 2.43. The zero-order valence-corrected chi connectivity index (χ0v) is 10.8. The van der Waals surface area contributed by atoms with Gasteiger partial charge in [-0.05, 0) is 19.1 Å². The van der Waals surface area contributed by atoms with Crippen molar-refractivity contribution in [2.45, 2.75) is 6.92 Å². The molecule has 0 aliphatic rings. The first-order valence-electron chi connectivity index (χ1n) is 4.88. The van der Waals surface area contributed by atoms with Crippen molar-refractivity contribution in [2.75, 3.05) is 24.4 Å². The molecule has 0 aromatic heterocycles. The van der Waals surface area contributed by atoms with Crippen molar-refractivity contribution in [3.05, 3.63) is 18.2 Å². The van der Waals surface area contributed by atoms with Gasteiger partial charge in [0.1, 0.15) is 0 Å². The third-order valence-electron chi connectivity index (χ3n) is 1.87. The molecular weight excluding hydrogens is 274 g/mol. The first kappa shape index (κ1) is 12.8. The standard InChI is InChI=1S/C11H14BrNO3/c1-3-16-9-5-4-8(6-10(9)15-2)13-11(14)7-12/h4-6H,3,7H2,1-2H3,(H,13,14). The average Bonchev–Trinajstić information content (AvgIpc) is 2.31. The van der Waals surface area contributed by atoms with Gasteiger partial charge in [0.25, 0.3) is 0 Å². The molecular formula is C11H14BrNO3. The van der Waals surface area contributed by atoms with Gasteiger partial charge >= 0.3 is 0 Å². The molecule has 1 aromatic rings. The third kappa shape index (κ3) is 3.41. The molecule has 1 rings (SSSR count). The van der Waals surface area contributed by atoms with Crippen LogP contribution in [0.1, 0.15) is 6.92 Å². The molecule has 0 spiro atoms. The van der Waals surface area contributed by atoms with Gasteiger partial charge in [0.15, 0.2) is 11.5 Å². The van der Waals surface area contributed by atoms with Crippen LogP contribution in [-0.2, 0) is 4.79 Å². The molecule has 0 bridgehead atoms. The SMILES string of the molecule is CCOc1ccc(NC(=O)CBr)cc1OC. The van der Waals surface area contributed by atoms with Gasteiger partial charge in [-0.15, -0.1) is 0 Å². The zero-order chi connectivity index (χ0) is 12.0. The molecule has 0 unspecified atom stereocenters. The highest BCUT2D eigenvalue weighted by atomic mass is 79.9. The van der Waals surface area contributed by atoms with Crippen LogP contribution in [0.3, 0.4) is 0 Å². The van der Waals surface area contributed by atoms with E-state index >= 15 is 0 Å². The number of anilines is 1. The van der Waals surface area contributed by atoms with Crippen molar-refractivity contribution in [3.63, 3.8) is 0 Å². The minimum absolute atomic E-state index is 0.105. The molecule has 5 heteroatoms. The summed E-state index contributed by atoms with van der Waals surface area (Å²) in [6.45, 7) is 2.48. The number of benzene rings is 1. The van der Waals surface area contributed by atoms with E-state index in [1.807, 2.05) is 6.92 Å². The summed E-state index contributed by atoms with van der Waals surface area (Å²) in [5, 5.41) is 2.98. The number of ether oxygens (including phenoxy) is 2. The van der Waals surface area contributed by atoms with Gasteiger partial charge in [0, 0.05) is 11.8 Å². The number of halogens is 1. The van der Waals surface area contributed by atoms with Crippen molar-refractivity contribution in [3.8, 4) is 11.5 Å².